The molecule has 0 aromatic rings. The summed E-state index contributed by atoms with van der Waals surface area (Å²) in [4.78, 5) is 7.16. The van der Waals surface area contributed by atoms with E-state index < -0.39 is 0 Å². The van der Waals surface area contributed by atoms with E-state index in [0.29, 0.717) is 6.04 Å². The van der Waals surface area contributed by atoms with Crippen LogP contribution in [0.25, 0.3) is 0 Å². The maximum Gasteiger partial charge on any atom is 0.191 e. The van der Waals surface area contributed by atoms with E-state index in [-0.39, 0.29) is 0 Å². The molecule has 2 N–H and O–H groups in total. The van der Waals surface area contributed by atoms with Gasteiger partial charge in [-0.2, -0.15) is 0 Å². The highest BCUT2D eigenvalue weighted by molar-refractivity contribution is 5.79. The lowest BCUT2D eigenvalue weighted by Gasteiger charge is -2.21. The first-order valence-corrected chi connectivity index (χ1v) is 6.58. The third-order valence-electron chi connectivity index (χ3n) is 3.05. The Morgan fingerprint density at radius 3 is 2.50 bits per heavy atom. The molecular formula is C12H26N4. The number of aliphatic imine (C=N–C) groups is 1. The Labute approximate surface area is 99.5 Å². The van der Waals surface area contributed by atoms with Crippen molar-refractivity contribution in [2.45, 2.75) is 39.7 Å². The lowest BCUT2D eigenvalue weighted by Crippen LogP contribution is -2.39. The minimum Gasteiger partial charge on any atom is -0.357 e. The summed E-state index contributed by atoms with van der Waals surface area (Å²) in [5.41, 5.74) is 0. The van der Waals surface area contributed by atoms with Gasteiger partial charge in [-0.25, -0.2) is 0 Å². The zero-order valence-corrected chi connectivity index (χ0v) is 10.9. The van der Waals surface area contributed by atoms with Gasteiger partial charge in [0.25, 0.3) is 0 Å². The van der Waals surface area contributed by atoms with Gasteiger partial charge in [0.05, 0.1) is 6.54 Å². The minimum absolute atomic E-state index is 0.650. The predicted molar refractivity (Wildman–Crippen MR) is 69.9 cm³/mol. The molecule has 16 heavy (non-hydrogen) atoms. The van der Waals surface area contributed by atoms with Crippen molar-refractivity contribution >= 4 is 5.96 Å². The van der Waals surface area contributed by atoms with Crippen LogP contribution in [0.15, 0.2) is 4.99 Å². The Morgan fingerprint density at radius 1 is 1.25 bits per heavy atom. The molecule has 1 unspecified atom stereocenters. The van der Waals surface area contributed by atoms with Gasteiger partial charge in [0.15, 0.2) is 5.96 Å². The molecule has 1 saturated heterocycles. The molecule has 0 radical (unpaired) electrons. The Morgan fingerprint density at radius 2 is 1.94 bits per heavy atom. The summed E-state index contributed by atoms with van der Waals surface area (Å²) in [5, 5.41) is 6.52. The van der Waals surface area contributed by atoms with E-state index in [0.717, 1.165) is 32.1 Å². The summed E-state index contributed by atoms with van der Waals surface area (Å²) in [7, 11) is 0. The van der Waals surface area contributed by atoms with Gasteiger partial charge in [-0.1, -0.05) is 6.92 Å². The van der Waals surface area contributed by atoms with Crippen LogP contribution in [0.5, 0.6) is 0 Å². The molecule has 4 heteroatoms. The van der Waals surface area contributed by atoms with Crippen molar-refractivity contribution in [2.24, 2.45) is 4.99 Å². The van der Waals surface area contributed by atoms with Crippen LogP contribution in [-0.4, -0.2) is 49.6 Å². The van der Waals surface area contributed by atoms with Crippen LogP contribution in [0.3, 0.4) is 0 Å². The molecule has 0 aromatic carbocycles. The van der Waals surface area contributed by atoms with Crippen LogP contribution in [0.1, 0.15) is 33.6 Å². The fraction of sp³-hybridized carbons (Fsp3) is 0.917. The minimum atomic E-state index is 0.650. The molecule has 0 spiro atoms. The first-order valence-electron chi connectivity index (χ1n) is 6.58. The predicted octanol–water partition coefficient (Wildman–Crippen LogP) is 1.05. The number of nitrogens with one attached hydrogen (secondary N) is 2. The number of rotatable bonds is 5. The van der Waals surface area contributed by atoms with E-state index in [4.69, 9.17) is 0 Å². The molecular weight excluding hydrogens is 200 g/mol. The first kappa shape index (κ1) is 13.3. The van der Waals surface area contributed by atoms with Crippen LogP contribution in [0.4, 0.5) is 0 Å². The van der Waals surface area contributed by atoms with E-state index in [1.54, 1.807) is 0 Å². The highest BCUT2D eigenvalue weighted by Gasteiger charge is 2.22. The molecule has 0 amide bonds. The largest absolute Gasteiger partial charge is 0.357 e. The number of hydrogen-bond acceptors (Lipinski definition) is 2. The quantitative estimate of drug-likeness (QED) is 0.544. The van der Waals surface area contributed by atoms with Crippen molar-refractivity contribution in [3.63, 3.8) is 0 Å². The summed E-state index contributed by atoms with van der Waals surface area (Å²) in [6.07, 6.45) is 2.62. The molecule has 1 fully saturated rings. The molecule has 1 atom stereocenters. The summed E-state index contributed by atoms with van der Waals surface area (Å²) >= 11 is 0. The normalized spacial score (nSPS) is 20.8. The summed E-state index contributed by atoms with van der Waals surface area (Å²) < 4.78 is 0. The molecule has 0 aromatic heterocycles. The molecule has 0 saturated carbocycles. The maximum atomic E-state index is 4.64. The van der Waals surface area contributed by atoms with Gasteiger partial charge < -0.3 is 10.6 Å². The number of likely N-dealkylation sites (N-methyl/N-ethyl adjacent to an activating group) is 1. The van der Waals surface area contributed by atoms with Crippen molar-refractivity contribution in [1.29, 1.82) is 0 Å². The van der Waals surface area contributed by atoms with Gasteiger partial charge >= 0.3 is 0 Å². The lowest BCUT2D eigenvalue weighted by molar-refractivity contribution is 0.273. The van der Waals surface area contributed by atoms with E-state index in [1.807, 2.05) is 0 Å². The smallest absolute Gasteiger partial charge is 0.191 e. The van der Waals surface area contributed by atoms with Crippen molar-refractivity contribution in [3.05, 3.63) is 0 Å². The topological polar surface area (TPSA) is 39.7 Å². The van der Waals surface area contributed by atoms with E-state index in [2.05, 4.69) is 41.3 Å². The summed E-state index contributed by atoms with van der Waals surface area (Å²) in [6, 6.07) is 0.650. The highest BCUT2D eigenvalue weighted by Crippen LogP contribution is 2.16. The van der Waals surface area contributed by atoms with Crippen LogP contribution in [-0.2, 0) is 0 Å². The molecule has 1 aliphatic heterocycles. The summed E-state index contributed by atoms with van der Waals surface area (Å²) in [5.74, 6) is 0.952. The molecule has 0 bridgehead atoms. The Balaban J connectivity index is 2.41. The Bertz CT molecular complexity index is 207. The summed E-state index contributed by atoms with van der Waals surface area (Å²) in [6.45, 7) is 11.6. The monoisotopic (exact) mass is 226 g/mol. The second-order valence-corrected chi connectivity index (χ2v) is 4.17. The van der Waals surface area contributed by atoms with Gasteiger partial charge in [0, 0.05) is 19.1 Å². The van der Waals surface area contributed by atoms with E-state index in [1.165, 1.54) is 19.4 Å². The van der Waals surface area contributed by atoms with Crippen LogP contribution < -0.4 is 10.6 Å². The van der Waals surface area contributed by atoms with Gasteiger partial charge in [-0.15, -0.1) is 0 Å². The average molecular weight is 226 g/mol. The van der Waals surface area contributed by atoms with Gasteiger partial charge in [0.1, 0.15) is 0 Å². The molecule has 0 aliphatic carbocycles. The van der Waals surface area contributed by atoms with E-state index in [9.17, 15) is 0 Å². The van der Waals surface area contributed by atoms with Crippen LogP contribution in [0.2, 0.25) is 0 Å². The van der Waals surface area contributed by atoms with Crippen molar-refractivity contribution in [1.82, 2.24) is 15.5 Å². The van der Waals surface area contributed by atoms with Crippen molar-refractivity contribution in [3.8, 4) is 0 Å². The standard InChI is InChI=1S/C12H26N4/c1-4-13-12(14-5-2)15-10-11-8-7-9-16(11)6-3/h11H,4-10H2,1-3H3,(H2,13,14,15). The van der Waals surface area contributed by atoms with Crippen LogP contribution in [0, 0.1) is 0 Å². The fourth-order valence-electron chi connectivity index (χ4n) is 2.22. The first-order chi connectivity index (χ1) is 7.81. The number of nitrogens with zero attached hydrogens (tertiary/aromatic N) is 2. The van der Waals surface area contributed by atoms with Gasteiger partial charge in [0.2, 0.25) is 0 Å². The SMILES string of the molecule is CCNC(=NCC1CCCN1CC)NCC. The Kier molecular flexibility index (Phi) is 6.23. The Hall–Kier alpha value is -0.770. The third kappa shape index (κ3) is 4.00. The van der Waals surface area contributed by atoms with E-state index >= 15 is 0 Å². The average Bonchev–Trinajstić information content (AvgIpc) is 2.74. The van der Waals surface area contributed by atoms with Gasteiger partial charge in [-0.05, 0) is 39.8 Å². The van der Waals surface area contributed by atoms with Gasteiger partial charge in [-0.3, -0.25) is 9.89 Å². The van der Waals surface area contributed by atoms with Crippen molar-refractivity contribution in [2.75, 3.05) is 32.7 Å². The fourth-order valence-corrected chi connectivity index (χ4v) is 2.22. The van der Waals surface area contributed by atoms with Crippen molar-refractivity contribution < 1.29 is 0 Å². The molecule has 1 heterocycles. The molecule has 1 rings (SSSR count). The molecule has 4 nitrogen and oxygen atoms in total. The zero-order valence-electron chi connectivity index (χ0n) is 10.9. The molecule has 94 valence electrons. The number of hydrogen-bond donors (Lipinski definition) is 2. The van der Waals surface area contributed by atoms with Crippen LogP contribution >= 0.6 is 0 Å². The number of likely N-dealkylation sites (tertiary alicyclic amines) is 1. The molecule has 1 aliphatic rings. The lowest BCUT2D eigenvalue weighted by atomic mass is 10.2. The maximum absolute atomic E-state index is 4.64. The zero-order chi connectivity index (χ0) is 11.8. The second-order valence-electron chi connectivity index (χ2n) is 4.17. The third-order valence-corrected chi connectivity index (χ3v) is 3.05. The highest BCUT2D eigenvalue weighted by atomic mass is 15.2. The number of guanidine groups is 1. The second kappa shape index (κ2) is 7.49.